The molecule has 1 aliphatic carbocycles. The van der Waals surface area contributed by atoms with Gasteiger partial charge in [-0.15, -0.1) is 0 Å². The van der Waals surface area contributed by atoms with Gasteiger partial charge in [-0.3, -0.25) is 0 Å². The van der Waals surface area contributed by atoms with E-state index >= 15 is 0 Å². The van der Waals surface area contributed by atoms with Crippen molar-refractivity contribution in [3.63, 3.8) is 0 Å². The molecule has 96 valence electrons. The molecule has 4 rings (SSSR count). The van der Waals surface area contributed by atoms with Crippen LogP contribution in [0.15, 0.2) is 42.5 Å². The molecule has 3 aromatic rings. The van der Waals surface area contributed by atoms with E-state index in [0.717, 1.165) is 5.69 Å². The van der Waals surface area contributed by atoms with Gasteiger partial charge in [-0.1, -0.05) is 31.0 Å². The quantitative estimate of drug-likeness (QED) is 0.634. The Balaban J connectivity index is 2.12. The van der Waals surface area contributed by atoms with Gasteiger partial charge in [0, 0.05) is 33.5 Å². The summed E-state index contributed by atoms with van der Waals surface area (Å²) in [6.45, 7) is 0. The molecule has 0 aliphatic heterocycles. The first kappa shape index (κ1) is 10.9. The van der Waals surface area contributed by atoms with Gasteiger partial charge in [0.1, 0.15) is 0 Å². The number of nitrogens with two attached hydrogens (primary N) is 1. The molecule has 0 unspecified atom stereocenters. The molecule has 0 atom stereocenters. The number of benzene rings is 2. The third-order valence-corrected chi connectivity index (χ3v) is 4.42. The molecular formula is C17H18N2. The Kier molecular flexibility index (Phi) is 2.31. The first-order valence-electron chi connectivity index (χ1n) is 7.13. The summed E-state index contributed by atoms with van der Waals surface area (Å²) in [6.07, 6.45) is 5.32. The first-order chi connectivity index (χ1) is 9.34. The van der Waals surface area contributed by atoms with E-state index in [2.05, 4.69) is 41.0 Å². The number of fused-ring (bicyclic) bond motifs is 3. The van der Waals surface area contributed by atoms with Gasteiger partial charge in [-0.05, 0) is 37.1 Å². The normalized spacial score (nSPS) is 16.6. The second-order valence-corrected chi connectivity index (χ2v) is 5.60. The number of para-hydroxylation sites is 1. The minimum Gasteiger partial charge on any atom is -0.399 e. The number of nitrogens with zero attached hydrogens (tertiary/aromatic N) is 1. The van der Waals surface area contributed by atoms with Crippen LogP contribution in [0, 0.1) is 0 Å². The van der Waals surface area contributed by atoms with Crippen LogP contribution in [0.1, 0.15) is 31.7 Å². The molecule has 1 aliphatic rings. The molecule has 2 nitrogen and oxygen atoms in total. The van der Waals surface area contributed by atoms with Crippen LogP contribution in [-0.2, 0) is 0 Å². The Morgan fingerprint density at radius 1 is 0.895 bits per heavy atom. The van der Waals surface area contributed by atoms with Crippen LogP contribution in [0.3, 0.4) is 0 Å². The maximum Gasteiger partial charge on any atom is 0.0495 e. The number of nitrogen functional groups attached to an aromatic ring is 1. The number of anilines is 1. The Morgan fingerprint density at radius 3 is 2.47 bits per heavy atom. The van der Waals surface area contributed by atoms with Crippen LogP contribution in [0.25, 0.3) is 21.8 Å². The van der Waals surface area contributed by atoms with E-state index in [9.17, 15) is 0 Å². The van der Waals surface area contributed by atoms with Crippen molar-refractivity contribution in [1.29, 1.82) is 0 Å². The SMILES string of the molecule is Nc1ccc2c(c1)c1ccccc1n2C1CCCC1. The van der Waals surface area contributed by atoms with E-state index < -0.39 is 0 Å². The van der Waals surface area contributed by atoms with E-state index in [1.54, 1.807) is 0 Å². The molecule has 0 saturated heterocycles. The summed E-state index contributed by atoms with van der Waals surface area (Å²) in [5, 5.41) is 2.62. The Hall–Kier alpha value is -1.96. The molecule has 1 fully saturated rings. The fourth-order valence-corrected chi connectivity index (χ4v) is 3.58. The van der Waals surface area contributed by atoms with Gasteiger partial charge in [-0.25, -0.2) is 0 Å². The van der Waals surface area contributed by atoms with Crippen LogP contribution in [0.2, 0.25) is 0 Å². The van der Waals surface area contributed by atoms with Crippen molar-refractivity contribution in [3.05, 3.63) is 42.5 Å². The van der Waals surface area contributed by atoms with Crippen molar-refractivity contribution in [2.45, 2.75) is 31.7 Å². The average Bonchev–Trinajstić information content (AvgIpc) is 3.04. The molecule has 1 heterocycles. The van der Waals surface area contributed by atoms with Gasteiger partial charge in [0.15, 0.2) is 0 Å². The maximum absolute atomic E-state index is 5.97. The van der Waals surface area contributed by atoms with E-state index in [-0.39, 0.29) is 0 Å². The van der Waals surface area contributed by atoms with Gasteiger partial charge in [0.05, 0.1) is 0 Å². The summed E-state index contributed by atoms with van der Waals surface area (Å²) in [5.41, 5.74) is 9.51. The Bertz CT molecular complexity index is 748. The van der Waals surface area contributed by atoms with Gasteiger partial charge in [-0.2, -0.15) is 0 Å². The van der Waals surface area contributed by atoms with E-state index in [4.69, 9.17) is 5.73 Å². The van der Waals surface area contributed by atoms with Crippen molar-refractivity contribution in [3.8, 4) is 0 Å². The van der Waals surface area contributed by atoms with E-state index in [0.29, 0.717) is 6.04 Å². The average molecular weight is 250 g/mol. The number of hydrogen-bond acceptors (Lipinski definition) is 1. The topological polar surface area (TPSA) is 30.9 Å². The zero-order valence-corrected chi connectivity index (χ0v) is 11.0. The van der Waals surface area contributed by atoms with Gasteiger partial charge < -0.3 is 10.3 Å². The van der Waals surface area contributed by atoms with Crippen LogP contribution in [0.5, 0.6) is 0 Å². The van der Waals surface area contributed by atoms with Crippen molar-refractivity contribution in [2.75, 3.05) is 5.73 Å². The second kappa shape index (κ2) is 4.02. The summed E-state index contributed by atoms with van der Waals surface area (Å²) in [5.74, 6) is 0. The lowest BCUT2D eigenvalue weighted by molar-refractivity contribution is 0.550. The predicted molar refractivity (Wildman–Crippen MR) is 81.4 cm³/mol. The van der Waals surface area contributed by atoms with Crippen LogP contribution in [-0.4, -0.2) is 4.57 Å². The third kappa shape index (κ3) is 1.56. The number of aromatic nitrogens is 1. The third-order valence-electron chi connectivity index (χ3n) is 4.42. The highest BCUT2D eigenvalue weighted by molar-refractivity contribution is 6.09. The largest absolute Gasteiger partial charge is 0.399 e. The van der Waals surface area contributed by atoms with Crippen molar-refractivity contribution in [1.82, 2.24) is 4.57 Å². The summed E-state index contributed by atoms with van der Waals surface area (Å²) < 4.78 is 2.54. The number of hydrogen-bond donors (Lipinski definition) is 1. The highest BCUT2D eigenvalue weighted by Crippen LogP contribution is 2.38. The lowest BCUT2D eigenvalue weighted by Crippen LogP contribution is -2.03. The zero-order chi connectivity index (χ0) is 12.8. The highest BCUT2D eigenvalue weighted by Gasteiger charge is 2.21. The molecular weight excluding hydrogens is 232 g/mol. The Labute approximate surface area is 112 Å². The predicted octanol–water partition coefficient (Wildman–Crippen LogP) is 4.49. The molecule has 0 bridgehead atoms. The fourth-order valence-electron chi connectivity index (χ4n) is 3.58. The molecule has 1 aromatic heterocycles. The molecule has 0 amide bonds. The molecule has 2 aromatic carbocycles. The lowest BCUT2D eigenvalue weighted by atomic mass is 10.1. The highest BCUT2D eigenvalue weighted by atomic mass is 15.0. The van der Waals surface area contributed by atoms with E-state index in [1.165, 1.54) is 47.5 Å². The lowest BCUT2D eigenvalue weighted by Gasteiger charge is -2.15. The fraction of sp³-hybridized carbons (Fsp3) is 0.294. The van der Waals surface area contributed by atoms with Crippen LogP contribution >= 0.6 is 0 Å². The second-order valence-electron chi connectivity index (χ2n) is 5.60. The van der Waals surface area contributed by atoms with Crippen LogP contribution < -0.4 is 5.73 Å². The molecule has 1 saturated carbocycles. The summed E-state index contributed by atoms with van der Waals surface area (Å²) in [7, 11) is 0. The minimum atomic E-state index is 0.658. The smallest absolute Gasteiger partial charge is 0.0495 e. The van der Waals surface area contributed by atoms with Crippen molar-refractivity contribution < 1.29 is 0 Å². The maximum atomic E-state index is 5.97. The Morgan fingerprint density at radius 2 is 1.63 bits per heavy atom. The van der Waals surface area contributed by atoms with Crippen molar-refractivity contribution >= 4 is 27.5 Å². The molecule has 19 heavy (non-hydrogen) atoms. The molecule has 2 N–H and O–H groups in total. The first-order valence-corrected chi connectivity index (χ1v) is 7.13. The molecule has 2 heteroatoms. The summed E-state index contributed by atoms with van der Waals surface area (Å²) in [4.78, 5) is 0. The molecule has 0 radical (unpaired) electrons. The van der Waals surface area contributed by atoms with Crippen LogP contribution in [0.4, 0.5) is 5.69 Å². The zero-order valence-electron chi connectivity index (χ0n) is 11.0. The van der Waals surface area contributed by atoms with E-state index in [1.807, 2.05) is 6.07 Å². The van der Waals surface area contributed by atoms with Gasteiger partial charge in [0.25, 0.3) is 0 Å². The van der Waals surface area contributed by atoms with Crippen molar-refractivity contribution in [2.24, 2.45) is 0 Å². The molecule has 0 spiro atoms. The summed E-state index contributed by atoms with van der Waals surface area (Å²) in [6, 6.07) is 15.7. The summed E-state index contributed by atoms with van der Waals surface area (Å²) >= 11 is 0. The minimum absolute atomic E-state index is 0.658. The van der Waals surface area contributed by atoms with Gasteiger partial charge in [0.2, 0.25) is 0 Å². The van der Waals surface area contributed by atoms with Gasteiger partial charge >= 0.3 is 0 Å². The number of rotatable bonds is 1. The standard InChI is InChI=1S/C17H18N2/c18-12-9-10-17-15(11-12)14-7-3-4-8-16(14)19(17)13-5-1-2-6-13/h3-4,7-11,13H,1-2,5-6,18H2. The monoisotopic (exact) mass is 250 g/mol.